The molecule has 0 radical (unpaired) electrons. The van der Waals surface area contributed by atoms with E-state index in [1.807, 2.05) is 0 Å². The van der Waals surface area contributed by atoms with Crippen LogP contribution in [0.25, 0.3) is 71.8 Å². The molecular weight excluding hydrogens is 597 g/mol. The molecule has 0 amide bonds. The van der Waals surface area contributed by atoms with Gasteiger partial charge in [0.25, 0.3) is 0 Å². The summed E-state index contributed by atoms with van der Waals surface area (Å²) in [6, 6.07) is 49.4. The Morgan fingerprint density at radius 2 is 1.33 bits per heavy atom. The molecule has 0 bridgehead atoms. The van der Waals surface area contributed by atoms with Gasteiger partial charge >= 0.3 is 0 Å². The molecule has 6 aromatic carbocycles. The molecule has 2 aliphatic rings. The van der Waals surface area contributed by atoms with Crippen LogP contribution >= 0.6 is 0 Å². The smallest absolute Gasteiger partial charge is 0.235 e. The highest BCUT2D eigenvalue weighted by Gasteiger charge is 2.26. The number of fused-ring (bicyclic) bond motifs is 7. The Labute approximate surface area is 283 Å². The maximum Gasteiger partial charge on any atom is 0.235 e. The van der Waals surface area contributed by atoms with Crippen molar-refractivity contribution < 1.29 is 0 Å². The van der Waals surface area contributed by atoms with E-state index in [9.17, 15) is 0 Å². The molecular formula is C45H30N4. The molecule has 1 aliphatic heterocycles. The van der Waals surface area contributed by atoms with Crippen molar-refractivity contribution in [2.24, 2.45) is 0 Å². The third-order valence-electron chi connectivity index (χ3n) is 9.83. The minimum absolute atomic E-state index is 0.0328. The first-order valence-electron chi connectivity index (χ1n) is 16.7. The van der Waals surface area contributed by atoms with Gasteiger partial charge in [-0.2, -0.15) is 0 Å². The summed E-state index contributed by atoms with van der Waals surface area (Å²) in [5.41, 5.74) is 10.9. The number of allylic oxidation sites excluding steroid dienone is 4. The lowest BCUT2D eigenvalue weighted by atomic mass is 9.88. The van der Waals surface area contributed by atoms with E-state index in [0.717, 1.165) is 38.9 Å². The molecule has 1 N–H and O–H groups in total. The maximum absolute atomic E-state index is 5.47. The fraction of sp³-hybridized carbons (Fsp3) is 0.0222. The average molecular weight is 627 g/mol. The summed E-state index contributed by atoms with van der Waals surface area (Å²) in [4.78, 5) is 10.7. The Balaban J connectivity index is 1.27. The lowest BCUT2D eigenvalue weighted by Gasteiger charge is -2.29. The second-order valence-corrected chi connectivity index (χ2v) is 12.7. The zero-order valence-electron chi connectivity index (χ0n) is 26.6. The molecule has 0 fully saturated rings. The predicted octanol–water partition coefficient (Wildman–Crippen LogP) is 10.4. The Bertz CT molecular complexity index is 2730. The number of nitrogens with one attached hydrogen (secondary N) is 1. The summed E-state index contributed by atoms with van der Waals surface area (Å²) >= 11 is 0. The monoisotopic (exact) mass is 626 g/mol. The fourth-order valence-corrected chi connectivity index (χ4v) is 7.55. The van der Waals surface area contributed by atoms with E-state index in [1.165, 1.54) is 43.8 Å². The van der Waals surface area contributed by atoms with Crippen molar-refractivity contribution in [3.05, 3.63) is 187 Å². The summed E-state index contributed by atoms with van der Waals surface area (Å²) in [5.74, 6) is 0.645. The summed E-state index contributed by atoms with van der Waals surface area (Å²) in [6.07, 6.45) is 10.9. The standard InChI is InChI=1S/C45H30N4/c1-3-13-29(14-4-1)32-23-25-36-42(27-32)49(41-26-24-31-17-7-8-18-33(31)43(36)41)45-47-39-22-12-10-20-35(39)44(48-45)40-28-37(30-15-5-2-6-16-30)34-19-9-11-21-38(34)46-40/h1-28,38,46H. The molecule has 0 spiro atoms. The number of hydrogen-bond donors (Lipinski definition) is 1. The summed E-state index contributed by atoms with van der Waals surface area (Å²) in [7, 11) is 0. The van der Waals surface area contributed by atoms with Crippen molar-refractivity contribution in [2.75, 3.05) is 0 Å². The van der Waals surface area contributed by atoms with Crippen LogP contribution in [0.2, 0.25) is 0 Å². The molecule has 2 aromatic heterocycles. The molecule has 0 saturated carbocycles. The number of aromatic nitrogens is 3. The average Bonchev–Trinajstić information content (AvgIpc) is 3.52. The number of dihydropyridines is 1. The normalized spacial score (nSPS) is 15.6. The number of benzene rings is 6. The van der Waals surface area contributed by atoms with E-state index in [1.54, 1.807) is 0 Å². The number of hydrogen-bond acceptors (Lipinski definition) is 3. The third kappa shape index (κ3) is 4.45. The summed E-state index contributed by atoms with van der Waals surface area (Å²) in [6.45, 7) is 0. The highest BCUT2D eigenvalue weighted by Crippen LogP contribution is 2.40. The van der Waals surface area contributed by atoms with E-state index in [-0.39, 0.29) is 6.04 Å². The second-order valence-electron chi connectivity index (χ2n) is 12.7. The Morgan fingerprint density at radius 3 is 2.18 bits per heavy atom. The van der Waals surface area contributed by atoms with Gasteiger partial charge in [0.05, 0.1) is 34.0 Å². The molecule has 1 aliphatic carbocycles. The largest absolute Gasteiger partial charge is 0.373 e. The minimum atomic E-state index is 0.0328. The molecule has 10 rings (SSSR count). The summed E-state index contributed by atoms with van der Waals surface area (Å²) < 4.78 is 2.26. The molecule has 0 saturated heterocycles. The molecule has 49 heavy (non-hydrogen) atoms. The quantitative estimate of drug-likeness (QED) is 0.211. The van der Waals surface area contributed by atoms with Gasteiger partial charge in [0, 0.05) is 16.2 Å². The van der Waals surface area contributed by atoms with Crippen LogP contribution in [-0.4, -0.2) is 20.6 Å². The first kappa shape index (κ1) is 27.6. The van der Waals surface area contributed by atoms with Crippen molar-refractivity contribution in [1.82, 2.24) is 19.9 Å². The van der Waals surface area contributed by atoms with Crippen LogP contribution in [0.3, 0.4) is 0 Å². The zero-order chi connectivity index (χ0) is 32.3. The van der Waals surface area contributed by atoms with Crippen molar-refractivity contribution in [3.8, 4) is 17.1 Å². The van der Waals surface area contributed by atoms with Crippen LogP contribution in [0.4, 0.5) is 0 Å². The van der Waals surface area contributed by atoms with Crippen LogP contribution in [0.5, 0.6) is 0 Å². The van der Waals surface area contributed by atoms with Gasteiger partial charge < -0.3 is 5.32 Å². The number of rotatable bonds is 4. The Hall–Kier alpha value is -6.52. The van der Waals surface area contributed by atoms with Crippen LogP contribution in [0, 0.1) is 0 Å². The number of para-hydroxylation sites is 1. The van der Waals surface area contributed by atoms with Crippen LogP contribution in [0.1, 0.15) is 11.3 Å². The van der Waals surface area contributed by atoms with Crippen molar-refractivity contribution in [2.45, 2.75) is 6.04 Å². The first-order valence-corrected chi connectivity index (χ1v) is 16.7. The lowest BCUT2D eigenvalue weighted by Crippen LogP contribution is -2.32. The molecule has 230 valence electrons. The van der Waals surface area contributed by atoms with Gasteiger partial charge in [0.2, 0.25) is 5.95 Å². The topological polar surface area (TPSA) is 42.7 Å². The fourth-order valence-electron chi connectivity index (χ4n) is 7.55. The van der Waals surface area contributed by atoms with Crippen LogP contribution < -0.4 is 5.32 Å². The van der Waals surface area contributed by atoms with Gasteiger partial charge in [0.1, 0.15) is 0 Å². The van der Waals surface area contributed by atoms with E-state index in [4.69, 9.17) is 9.97 Å². The highest BCUT2D eigenvalue weighted by atomic mass is 15.2. The minimum Gasteiger partial charge on any atom is -0.373 e. The van der Waals surface area contributed by atoms with Gasteiger partial charge in [-0.05, 0) is 62.9 Å². The molecule has 3 heterocycles. The molecule has 1 unspecified atom stereocenters. The van der Waals surface area contributed by atoms with Gasteiger partial charge in [0.15, 0.2) is 0 Å². The van der Waals surface area contributed by atoms with Crippen molar-refractivity contribution >= 4 is 54.8 Å². The molecule has 4 heteroatoms. The lowest BCUT2D eigenvalue weighted by molar-refractivity contribution is 0.811. The van der Waals surface area contributed by atoms with E-state index in [0.29, 0.717) is 5.95 Å². The van der Waals surface area contributed by atoms with Gasteiger partial charge in [-0.25, -0.2) is 9.97 Å². The molecule has 4 nitrogen and oxygen atoms in total. The first-order chi connectivity index (χ1) is 24.3. The van der Waals surface area contributed by atoms with Crippen LogP contribution in [-0.2, 0) is 0 Å². The SMILES string of the molecule is C1=CC2=C(c3ccccc3)C=C(c3nc(-n4c5cc(-c6ccccc6)ccc5c5c6ccccc6ccc54)nc4ccccc34)NC2C=C1. The van der Waals surface area contributed by atoms with Crippen molar-refractivity contribution in [1.29, 1.82) is 0 Å². The van der Waals surface area contributed by atoms with E-state index < -0.39 is 0 Å². The van der Waals surface area contributed by atoms with Gasteiger partial charge in [-0.15, -0.1) is 0 Å². The predicted molar refractivity (Wildman–Crippen MR) is 203 cm³/mol. The highest BCUT2D eigenvalue weighted by molar-refractivity contribution is 6.21. The zero-order valence-corrected chi connectivity index (χ0v) is 26.6. The Morgan fingerprint density at radius 1 is 0.571 bits per heavy atom. The summed E-state index contributed by atoms with van der Waals surface area (Å²) in [5, 5.41) is 9.65. The van der Waals surface area contributed by atoms with E-state index in [2.05, 4.69) is 180 Å². The van der Waals surface area contributed by atoms with Crippen LogP contribution in [0.15, 0.2) is 175 Å². The van der Waals surface area contributed by atoms with Gasteiger partial charge in [-0.1, -0.05) is 146 Å². The number of nitrogens with zero attached hydrogens (tertiary/aromatic N) is 3. The second kappa shape index (κ2) is 11.0. The molecule has 8 aromatic rings. The molecule has 1 atom stereocenters. The Kier molecular flexibility index (Phi) is 6.21. The van der Waals surface area contributed by atoms with Crippen molar-refractivity contribution in [3.63, 3.8) is 0 Å². The third-order valence-corrected chi connectivity index (χ3v) is 9.83. The maximum atomic E-state index is 5.47. The van der Waals surface area contributed by atoms with Gasteiger partial charge in [-0.3, -0.25) is 4.57 Å². The van der Waals surface area contributed by atoms with E-state index >= 15 is 0 Å².